The normalized spacial score (nSPS) is 13.5. The molecule has 1 aliphatic rings. The summed E-state index contributed by atoms with van der Waals surface area (Å²) in [6, 6.07) is 22.1. The van der Waals surface area contributed by atoms with E-state index in [1.165, 1.54) is 7.05 Å². The number of rotatable bonds is 20. The van der Waals surface area contributed by atoms with Crippen LogP contribution in [0.4, 0.5) is 0 Å². The Hall–Kier alpha value is -7.33. The molecule has 6 aromatic rings. The average Bonchev–Trinajstić information content (AvgIpc) is 3.81. The maximum Gasteiger partial charge on any atom is 0.355 e. The van der Waals surface area contributed by atoms with E-state index in [4.69, 9.17) is 19.3 Å². The van der Waals surface area contributed by atoms with Crippen molar-refractivity contribution in [1.82, 2.24) is 34.4 Å². The van der Waals surface area contributed by atoms with Gasteiger partial charge in [0.05, 0.1) is 23.4 Å². The predicted molar refractivity (Wildman–Crippen MR) is 276 cm³/mol. The Morgan fingerprint density at radius 3 is 2.21 bits per heavy atom. The summed E-state index contributed by atoms with van der Waals surface area (Å²) in [4.78, 5) is 83.2. The van der Waals surface area contributed by atoms with Crippen molar-refractivity contribution in [2.45, 2.75) is 92.3 Å². The van der Waals surface area contributed by atoms with E-state index in [9.17, 15) is 28.8 Å². The number of hydrogen-bond donors (Lipinski definition) is 1. The van der Waals surface area contributed by atoms with Crippen LogP contribution in [0.2, 0.25) is 0 Å². The zero-order valence-electron chi connectivity index (χ0n) is 43.0. The number of aldehydes is 1. The Balaban J connectivity index is 1.12. The molecule has 3 heterocycles. The fraction of sp³-hybridized carbons (Fsp3) is 0.411. The van der Waals surface area contributed by atoms with Crippen molar-refractivity contribution >= 4 is 58.1 Å². The van der Waals surface area contributed by atoms with Gasteiger partial charge in [-0.2, -0.15) is 5.10 Å². The lowest BCUT2D eigenvalue weighted by Gasteiger charge is -2.35. The standard InChI is InChI=1S/C56H67N7O9/c1-36-16-12-23-46(48(36)54(68)63(35-65)44(21-14-32-64)53(67)57-8)71-34-47(66)61-29-26-60(27-30-61)28-31-62-51-43(25-24-37(2)49(51)50-38(3)58-59(9)39(50)4)42(52(62)55(69)72-56(5,6)7)20-15-33-70-45-22-13-18-40-17-10-11-19-41(40)45/h10-13,16-19,22-25,32,35,44H,14-15,20-21,26-31,33-34H2,1-9H3,(H,57,67). The number of nitrogens with one attached hydrogen (secondary N) is 1. The minimum Gasteiger partial charge on any atom is -0.493 e. The van der Waals surface area contributed by atoms with Gasteiger partial charge in [-0.15, -0.1) is 0 Å². The molecule has 0 spiro atoms. The van der Waals surface area contributed by atoms with E-state index in [1.54, 1.807) is 30.0 Å². The van der Waals surface area contributed by atoms with E-state index >= 15 is 0 Å². The van der Waals surface area contributed by atoms with E-state index in [0.717, 1.165) is 66.0 Å². The molecule has 1 unspecified atom stereocenters. The molecule has 1 atom stereocenters. The topological polar surface area (TPSA) is 175 Å². The number of aromatic nitrogens is 3. The summed E-state index contributed by atoms with van der Waals surface area (Å²) in [5.74, 6) is -1.15. The number of hydrogen-bond acceptors (Lipinski definition) is 11. The van der Waals surface area contributed by atoms with Gasteiger partial charge in [-0.05, 0) is 102 Å². The number of esters is 1. The fourth-order valence-electron chi connectivity index (χ4n) is 9.77. The van der Waals surface area contributed by atoms with E-state index in [-0.39, 0.29) is 43.1 Å². The second-order valence-electron chi connectivity index (χ2n) is 19.4. The fourth-order valence-corrected chi connectivity index (χ4v) is 9.77. The van der Waals surface area contributed by atoms with Crippen molar-refractivity contribution in [2.24, 2.45) is 7.05 Å². The maximum atomic E-state index is 14.7. The summed E-state index contributed by atoms with van der Waals surface area (Å²) in [6.45, 7) is 16.5. The summed E-state index contributed by atoms with van der Waals surface area (Å²) in [6.07, 6.45) is 2.01. The average molecular weight is 982 g/mol. The number of piperazine rings is 1. The highest BCUT2D eigenvalue weighted by Gasteiger charge is 2.34. The third-order valence-corrected chi connectivity index (χ3v) is 13.4. The second kappa shape index (κ2) is 22.8. The summed E-state index contributed by atoms with van der Waals surface area (Å²) < 4.78 is 22.7. The monoisotopic (exact) mass is 982 g/mol. The van der Waals surface area contributed by atoms with Gasteiger partial charge in [-0.1, -0.05) is 60.7 Å². The number of carbonyl (C=O) groups is 6. The van der Waals surface area contributed by atoms with Gasteiger partial charge in [0.25, 0.3) is 11.8 Å². The summed E-state index contributed by atoms with van der Waals surface area (Å²) >= 11 is 0. The number of fused-ring (bicyclic) bond motifs is 2. The minimum absolute atomic E-state index is 0.0371. The van der Waals surface area contributed by atoms with Gasteiger partial charge < -0.3 is 33.8 Å². The molecule has 1 aliphatic heterocycles. The van der Waals surface area contributed by atoms with E-state index < -0.39 is 29.4 Å². The zero-order chi connectivity index (χ0) is 51.9. The predicted octanol–water partition coefficient (Wildman–Crippen LogP) is 7.31. The van der Waals surface area contributed by atoms with Crippen LogP contribution in [0.3, 0.4) is 0 Å². The van der Waals surface area contributed by atoms with E-state index in [1.807, 2.05) is 63.7 Å². The highest BCUT2D eigenvalue weighted by molar-refractivity contribution is 6.07. The molecule has 16 heteroatoms. The first-order valence-corrected chi connectivity index (χ1v) is 24.6. The van der Waals surface area contributed by atoms with Crippen LogP contribution in [0, 0.1) is 27.7 Å². The van der Waals surface area contributed by atoms with Gasteiger partial charge >= 0.3 is 5.97 Å². The Labute approximate surface area is 421 Å². The Morgan fingerprint density at radius 1 is 0.819 bits per heavy atom. The molecule has 4 amide bonds. The molecule has 0 saturated carbocycles. The highest BCUT2D eigenvalue weighted by atomic mass is 16.6. The first kappa shape index (κ1) is 52.5. The largest absolute Gasteiger partial charge is 0.493 e. The molecule has 0 bridgehead atoms. The minimum atomic E-state index is -1.22. The van der Waals surface area contributed by atoms with E-state index in [0.29, 0.717) is 76.3 Å². The number of carbonyl (C=O) groups excluding carboxylic acids is 6. The zero-order valence-corrected chi connectivity index (χ0v) is 43.0. The number of imide groups is 1. The van der Waals surface area contributed by atoms with Crippen molar-refractivity contribution in [3.05, 3.63) is 112 Å². The van der Waals surface area contributed by atoms with Gasteiger partial charge in [0.15, 0.2) is 6.61 Å². The molecule has 16 nitrogen and oxygen atoms in total. The van der Waals surface area contributed by atoms with Gasteiger partial charge in [0, 0.05) is 87.4 Å². The summed E-state index contributed by atoms with van der Waals surface area (Å²) in [7, 11) is 3.33. The Bertz CT molecular complexity index is 2990. The lowest BCUT2D eigenvalue weighted by Crippen LogP contribution is -2.50. The number of benzene rings is 4. The first-order valence-electron chi connectivity index (χ1n) is 24.6. The molecule has 1 N–H and O–H groups in total. The van der Waals surface area contributed by atoms with Gasteiger partial charge in [0.2, 0.25) is 12.3 Å². The molecule has 380 valence electrons. The van der Waals surface area contributed by atoms with Crippen molar-refractivity contribution in [1.29, 1.82) is 0 Å². The molecule has 2 aromatic heterocycles. The third-order valence-electron chi connectivity index (χ3n) is 13.4. The SMILES string of the molecule is CNC(=O)C(CCC=O)N(C=O)C(=O)c1c(C)cccc1OCC(=O)N1CCN(CCn2c(C(=O)OC(C)(C)C)c(CCCOc3cccc4ccccc34)c3ccc(C)c(-c4c(C)nn(C)c4C)c32)CC1. The third kappa shape index (κ3) is 11.4. The molecule has 0 radical (unpaired) electrons. The number of nitrogens with zero attached hydrogens (tertiary/aromatic N) is 6. The maximum absolute atomic E-state index is 14.7. The van der Waals surface area contributed by atoms with Crippen molar-refractivity contribution < 1.29 is 43.0 Å². The van der Waals surface area contributed by atoms with Gasteiger partial charge in [-0.25, -0.2) is 4.79 Å². The summed E-state index contributed by atoms with van der Waals surface area (Å²) in [5.41, 5.74) is 7.13. The van der Waals surface area contributed by atoms with Gasteiger partial charge in [-0.3, -0.25) is 33.7 Å². The van der Waals surface area contributed by atoms with Crippen molar-refractivity contribution in [3.8, 4) is 22.6 Å². The van der Waals surface area contributed by atoms with Crippen LogP contribution in [-0.4, -0.2) is 130 Å². The lowest BCUT2D eigenvalue weighted by molar-refractivity contribution is -0.135. The second-order valence-corrected chi connectivity index (χ2v) is 19.4. The number of likely N-dealkylation sites (N-methyl/N-ethyl adjacent to an activating group) is 1. The van der Waals surface area contributed by atoms with Gasteiger partial charge in [0.1, 0.15) is 35.1 Å². The Morgan fingerprint density at radius 2 is 1.53 bits per heavy atom. The lowest BCUT2D eigenvalue weighted by atomic mass is 9.94. The molecule has 1 fully saturated rings. The van der Waals surface area contributed by atoms with Crippen LogP contribution in [0.25, 0.3) is 32.8 Å². The molecule has 7 rings (SSSR count). The smallest absolute Gasteiger partial charge is 0.355 e. The van der Waals surface area contributed by atoms with E-state index in [2.05, 4.69) is 59.0 Å². The molecule has 72 heavy (non-hydrogen) atoms. The molecule has 0 aliphatic carbocycles. The van der Waals surface area contributed by atoms with Crippen LogP contribution >= 0.6 is 0 Å². The number of aryl methyl sites for hydroxylation is 5. The molecular formula is C56H67N7O9. The first-order chi connectivity index (χ1) is 34.5. The van der Waals surface area contributed by atoms with Crippen LogP contribution < -0.4 is 14.8 Å². The number of ether oxygens (including phenoxy) is 3. The molecule has 4 aromatic carbocycles. The molecular weight excluding hydrogens is 915 g/mol. The Kier molecular flexibility index (Phi) is 16.6. The van der Waals surface area contributed by atoms with Crippen molar-refractivity contribution in [2.75, 3.05) is 53.0 Å². The van der Waals surface area contributed by atoms with Crippen LogP contribution in [0.5, 0.6) is 11.5 Å². The number of amides is 4. The van der Waals surface area contributed by atoms with Crippen molar-refractivity contribution in [3.63, 3.8) is 0 Å². The van der Waals surface area contributed by atoms with Crippen LogP contribution in [0.1, 0.15) is 89.0 Å². The quantitative estimate of drug-likeness (QED) is 0.0462. The molecule has 1 saturated heterocycles. The van der Waals surface area contributed by atoms with Crippen LogP contribution in [0.15, 0.2) is 72.8 Å². The highest BCUT2D eigenvalue weighted by Crippen LogP contribution is 2.41. The summed E-state index contributed by atoms with van der Waals surface area (Å²) in [5, 5.41) is 10.4. The van der Waals surface area contributed by atoms with Crippen LogP contribution in [-0.2, 0) is 43.9 Å².